The molecule has 0 aliphatic carbocycles. The zero-order valence-corrected chi connectivity index (χ0v) is 14.8. The van der Waals surface area contributed by atoms with E-state index >= 15 is 0 Å². The number of carbonyl (C=O) groups excluding carboxylic acids is 1. The highest BCUT2D eigenvalue weighted by atomic mass is 32.1. The molecule has 1 aromatic heterocycles. The number of halogens is 1. The first-order valence-corrected chi connectivity index (χ1v) is 9.15. The van der Waals surface area contributed by atoms with Crippen LogP contribution in [0.4, 0.5) is 4.39 Å². The molecule has 1 amide bonds. The lowest BCUT2D eigenvalue weighted by Crippen LogP contribution is -2.48. The molecule has 1 saturated heterocycles. The molecule has 1 fully saturated rings. The van der Waals surface area contributed by atoms with Crippen LogP contribution in [0.25, 0.3) is 0 Å². The Bertz CT molecular complexity index is 731. The molecule has 1 unspecified atom stereocenters. The maximum absolute atomic E-state index is 13.6. The van der Waals surface area contributed by atoms with Crippen molar-refractivity contribution in [3.8, 4) is 0 Å². The van der Waals surface area contributed by atoms with Gasteiger partial charge in [-0.25, -0.2) is 9.37 Å². The second kappa shape index (κ2) is 7.40. The minimum absolute atomic E-state index is 0.00288. The summed E-state index contributed by atoms with van der Waals surface area (Å²) in [6.45, 7) is 5.99. The molecule has 1 N–H and O–H groups in total. The Hall–Kier alpha value is -1.79. The van der Waals surface area contributed by atoms with Gasteiger partial charge in [-0.2, -0.15) is 0 Å². The molecule has 1 atom stereocenters. The number of aryl methyl sites for hydroxylation is 2. The molecule has 2 heterocycles. The molecule has 6 heteroatoms. The lowest BCUT2D eigenvalue weighted by atomic mass is 10.0. The molecule has 1 aliphatic rings. The average Bonchev–Trinajstić information content (AvgIpc) is 2.95. The fourth-order valence-electron chi connectivity index (χ4n) is 3.06. The van der Waals surface area contributed by atoms with Gasteiger partial charge in [0.05, 0.1) is 16.7 Å². The van der Waals surface area contributed by atoms with Gasteiger partial charge in [-0.3, -0.25) is 4.79 Å². The first kappa shape index (κ1) is 17.0. The van der Waals surface area contributed by atoms with Crippen LogP contribution in [0.1, 0.15) is 45.3 Å². The maximum Gasteiger partial charge on any atom is 0.266 e. The first-order chi connectivity index (χ1) is 11.6. The number of hydrogen-bond donors (Lipinski definition) is 1. The van der Waals surface area contributed by atoms with Crippen LogP contribution in [-0.4, -0.2) is 35.4 Å². The number of nitrogens with zero attached hydrogens (tertiary/aromatic N) is 2. The van der Waals surface area contributed by atoms with E-state index in [1.54, 1.807) is 6.07 Å². The van der Waals surface area contributed by atoms with Gasteiger partial charge in [0, 0.05) is 19.6 Å². The number of thiazole rings is 1. The van der Waals surface area contributed by atoms with Crippen molar-refractivity contribution in [3.05, 3.63) is 51.2 Å². The lowest BCUT2D eigenvalue weighted by Gasteiger charge is -2.36. The van der Waals surface area contributed by atoms with Crippen molar-refractivity contribution >= 4 is 17.2 Å². The number of benzene rings is 1. The molecule has 0 bridgehead atoms. The summed E-state index contributed by atoms with van der Waals surface area (Å²) >= 11 is 1.49. The van der Waals surface area contributed by atoms with Crippen LogP contribution in [0.2, 0.25) is 0 Å². The summed E-state index contributed by atoms with van der Waals surface area (Å²) < 4.78 is 13.6. The quantitative estimate of drug-likeness (QED) is 0.923. The van der Waals surface area contributed by atoms with E-state index in [0.29, 0.717) is 18.0 Å². The molecule has 1 aliphatic heterocycles. The Morgan fingerprint density at radius 1 is 1.50 bits per heavy atom. The predicted octanol–water partition coefficient (Wildman–Crippen LogP) is 3.33. The third-order valence-electron chi connectivity index (χ3n) is 4.24. The Labute approximate surface area is 145 Å². The SMILES string of the molecule is CCCc1nc(C)c(C(=O)N2CCNCC2c2cccc(F)c2)s1. The second-order valence-electron chi connectivity index (χ2n) is 6.05. The topological polar surface area (TPSA) is 45.2 Å². The second-order valence-corrected chi connectivity index (χ2v) is 7.13. The van der Waals surface area contributed by atoms with Crippen molar-refractivity contribution in [1.29, 1.82) is 0 Å². The fourth-order valence-corrected chi connectivity index (χ4v) is 4.18. The smallest absolute Gasteiger partial charge is 0.266 e. The Kier molecular flexibility index (Phi) is 5.26. The number of aromatic nitrogens is 1. The van der Waals surface area contributed by atoms with Gasteiger partial charge in [-0.15, -0.1) is 11.3 Å². The van der Waals surface area contributed by atoms with Crippen LogP contribution in [0.5, 0.6) is 0 Å². The summed E-state index contributed by atoms with van der Waals surface area (Å²) in [6.07, 6.45) is 1.91. The predicted molar refractivity (Wildman–Crippen MR) is 93.9 cm³/mol. The number of rotatable bonds is 4. The van der Waals surface area contributed by atoms with Crippen molar-refractivity contribution < 1.29 is 9.18 Å². The lowest BCUT2D eigenvalue weighted by molar-refractivity contribution is 0.0638. The van der Waals surface area contributed by atoms with E-state index in [1.165, 1.54) is 23.5 Å². The van der Waals surface area contributed by atoms with E-state index in [9.17, 15) is 9.18 Å². The third kappa shape index (κ3) is 3.49. The molecule has 1 aromatic carbocycles. The van der Waals surface area contributed by atoms with E-state index in [2.05, 4.69) is 17.2 Å². The van der Waals surface area contributed by atoms with Crippen LogP contribution in [0.15, 0.2) is 24.3 Å². The molecule has 0 spiro atoms. The van der Waals surface area contributed by atoms with Gasteiger partial charge in [0.1, 0.15) is 10.7 Å². The monoisotopic (exact) mass is 347 g/mol. The van der Waals surface area contributed by atoms with Gasteiger partial charge in [0.25, 0.3) is 5.91 Å². The van der Waals surface area contributed by atoms with Gasteiger partial charge in [0.15, 0.2) is 0 Å². The molecule has 128 valence electrons. The summed E-state index contributed by atoms with van der Waals surface area (Å²) in [5, 5.41) is 4.31. The van der Waals surface area contributed by atoms with Crippen molar-refractivity contribution in [2.45, 2.75) is 32.7 Å². The minimum atomic E-state index is -0.273. The van der Waals surface area contributed by atoms with Gasteiger partial charge in [-0.1, -0.05) is 19.1 Å². The van der Waals surface area contributed by atoms with Gasteiger partial charge in [0.2, 0.25) is 0 Å². The summed E-state index contributed by atoms with van der Waals surface area (Å²) in [5.74, 6) is -0.271. The third-order valence-corrected chi connectivity index (χ3v) is 5.44. The molecule has 3 rings (SSSR count). The van der Waals surface area contributed by atoms with E-state index in [4.69, 9.17) is 0 Å². The van der Waals surface area contributed by atoms with Crippen molar-refractivity contribution in [3.63, 3.8) is 0 Å². The first-order valence-electron chi connectivity index (χ1n) is 8.33. The molecule has 0 saturated carbocycles. The van der Waals surface area contributed by atoms with Gasteiger partial charge >= 0.3 is 0 Å². The molecule has 2 aromatic rings. The molecular weight excluding hydrogens is 325 g/mol. The van der Waals surface area contributed by atoms with Crippen molar-refractivity contribution in [2.24, 2.45) is 0 Å². The number of amides is 1. The van der Waals surface area contributed by atoms with E-state index in [0.717, 1.165) is 35.7 Å². The van der Waals surface area contributed by atoms with Crippen LogP contribution in [-0.2, 0) is 6.42 Å². The molecule has 24 heavy (non-hydrogen) atoms. The van der Waals surface area contributed by atoms with Crippen LogP contribution in [0, 0.1) is 12.7 Å². The fraction of sp³-hybridized carbons (Fsp3) is 0.444. The minimum Gasteiger partial charge on any atom is -0.328 e. The van der Waals surface area contributed by atoms with Crippen LogP contribution >= 0.6 is 11.3 Å². The van der Waals surface area contributed by atoms with Crippen molar-refractivity contribution in [1.82, 2.24) is 15.2 Å². The summed E-state index contributed by atoms with van der Waals surface area (Å²) in [5.41, 5.74) is 1.62. The normalized spacial score (nSPS) is 18.0. The van der Waals surface area contributed by atoms with Crippen molar-refractivity contribution in [2.75, 3.05) is 19.6 Å². The highest BCUT2D eigenvalue weighted by Gasteiger charge is 2.30. The molecule has 4 nitrogen and oxygen atoms in total. The van der Waals surface area contributed by atoms with E-state index < -0.39 is 0 Å². The summed E-state index contributed by atoms with van der Waals surface area (Å²) in [6, 6.07) is 6.36. The number of piperazine rings is 1. The zero-order valence-electron chi connectivity index (χ0n) is 14.0. The Balaban J connectivity index is 1.89. The standard InChI is InChI=1S/C18H22FN3OS/c1-3-5-16-21-12(2)17(24-16)18(23)22-9-8-20-11-15(22)13-6-4-7-14(19)10-13/h4,6-7,10,15,20H,3,5,8-9,11H2,1-2H3. The summed E-state index contributed by atoms with van der Waals surface area (Å²) in [7, 11) is 0. The van der Waals surface area contributed by atoms with Gasteiger partial charge < -0.3 is 10.2 Å². The maximum atomic E-state index is 13.6. The van der Waals surface area contributed by atoms with Gasteiger partial charge in [-0.05, 0) is 37.5 Å². The Morgan fingerprint density at radius 2 is 2.33 bits per heavy atom. The number of hydrogen-bond acceptors (Lipinski definition) is 4. The number of nitrogens with one attached hydrogen (secondary N) is 1. The Morgan fingerprint density at radius 3 is 3.08 bits per heavy atom. The highest BCUT2D eigenvalue weighted by molar-refractivity contribution is 7.13. The van der Waals surface area contributed by atoms with E-state index in [-0.39, 0.29) is 17.8 Å². The molecule has 0 radical (unpaired) electrons. The largest absolute Gasteiger partial charge is 0.328 e. The number of carbonyl (C=O) groups is 1. The summed E-state index contributed by atoms with van der Waals surface area (Å²) in [4.78, 5) is 20.2. The zero-order chi connectivity index (χ0) is 17.1. The molecular formula is C18H22FN3OS. The highest BCUT2D eigenvalue weighted by Crippen LogP contribution is 2.28. The van der Waals surface area contributed by atoms with E-state index in [1.807, 2.05) is 17.9 Å². The average molecular weight is 347 g/mol. The van der Waals surface area contributed by atoms with Crippen LogP contribution in [0.3, 0.4) is 0 Å². The van der Waals surface area contributed by atoms with Crippen LogP contribution < -0.4 is 5.32 Å².